The first-order chi connectivity index (χ1) is 5.22. The Kier molecular flexibility index (Phi) is 2.31. The van der Waals surface area contributed by atoms with Crippen LogP contribution in [-0.2, 0) is 0 Å². The van der Waals surface area contributed by atoms with E-state index >= 15 is 0 Å². The van der Waals surface area contributed by atoms with Crippen LogP contribution in [0.15, 0.2) is 23.9 Å². The van der Waals surface area contributed by atoms with Gasteiger partial charge in [0.15, 0.2) is 0 Å². The molecule has 0 saturated heterocycles. The van der Waals surface area contributed by atoms with Gasteiger partial charge in [-0.05, 0) is 18.9 Å². The van der Waals surface area contributed by atoms with Gasteiger partial charge in [-0.25, -0.2) is 4.79 Å². The van der Waals surface area contributed by atoms with E-state index in [4.69, 9.17) is 5.73 Å². The zero-order valence-electron chi connectivity index (χ0n) is 6.58. The first-order valence-electron chi connectivity index (χ1n) is 3.60. The highest BCUT2D eigenvalue weighted by Gasteiger charge is 2.09. The van der Waals surface area contributed by atoms with Gasteiger partial charge in [0.2, 0.25) is 0 Å². The summed E-state index contributed by atoms with van der Waals surface area (Å²) in [7, 11) is 1.69. The molecule has 60 valence electrons. The molecule has 1 aliphatic rings. The molecule has 0 fully saturated rings. The molecule has 0 heterocycles. The summed E-state index contributed by atoms with van der Waals surface area (Å²) in [5, 5.41) is 0. The molecule has 2 amide bonds. The van der Waals surface area contributed by atoms with Gasteiger partial charge in [0.1, 0.15) is 0 Å². The number of carbonyl (C=O) groups is 1. The molecule has 0 bridgehead atoms. The van der Waals surface area contributed by atoms with Crippen LogP contribution in [-0.4, -0.2) is 18.0 Å². The van der Waals surface area contributed by atoms with Gasteiger partial charge in [-0.3, -0.25) is 0 Å². The summed E-state index contributed by atoms with van der Waals surface area (Å²) in [6.45, 7) is 0. The molecule has 1 rings (SSSR count). The third-order valence-electron chi connectivity index (χ3n) is 1.75. The molecule has 1 aliphatic carbocycles. The van der Waals surface area contributed by atoms with E-state index in [0.29, 0.717) is 0 Å². The van der Waals surface area contributed by atoms with Crippen LogP contribution in [0, 0.1) is 0 Å². The van der Waals surface area contributed by atoms with Crippen molar-refractivity contribution in [2.24, 2.45) is 5.73 Å². The summed E-state index contributed by atoms with van der Waals surface area (Å²) < 4.78 is 0. The largest absolute Gasteiger partial charge is 0.351 e. The fraction of sp³-hybridized carbons (Fsp3) is 0.375. The van der Waals surface area contributed by atoms with Gasteiger partial charge in [0.05, 0.1) is 0 Å². The fourth-order valence-electron chi connectivity index (χ4n) is 1.01. The van der Waals surface area contributed by atoms with Crippen molar-refractivity contribution in [1.29, 1.82) is 0 Å². The molecule has 0 aromatic heterocycles. The second-order valence-corrected chi connectivity index (χ2v) is 2.52. The van der Waals surface area contributed by atoms with Crippen LogP contribution in [0.1, 0.15) is 12.8 Å². The van der Waals surface area contributed by atoms with Crippen LogP contribution in [0.5, 0.6) is 0 Å². The zero-order chi connectivity index (χ0) is 8.27. The van der Waals surface area contributed by atoms with Crippen LogP contribution in [0.2, 0.25) is 0 Å². The average Bonchev–Trinajstić information content (AvgIpc) is 2.05. The number of allylic oxidation sites excluding steroid dienone is 4. The molecule has 0 spiro atoms. The fourth-order valence-corrected chi connectivity index (χ4v) is 1.01. The van der Waals surface area contributed by atoms with Gasteiger partial charge >= 0.3 is 6.03 Å². The summed E-state index contributed by atoms with van der Waals surface area (Å²) in [5.74, 6) is 0. The number of nitrogens with zero attached hydrogens (tertiary/aromatic N) is 1. The zero-order valence-corrected chi connectivity index (χ0v) is 6.58. The van der Waals surface area contributed by atoms with Crippen LogP contribution < -0.4 is 5.73 Å². The molecule has 0 aromatic rings. The monoisotopic (exact) mass is 152 g/mol. The number of carbonyl (C=O) groups excluding carboxylic acids is 1. The molecule has 11 heavy (non-hydrogen) atoms. The predicted octanol–water partition coefficient (Wildman–Crippen LogP) is 1.23. The van der Waals surface area contributed by atoms with E-state index in [9.17, 15) is 4.79 Å². The molecule has 0 radical (unpaired) electrons. The number of urea groups is 1. The van der Waals surface area contributed by atoms with Crippen molar-refractivity contribution in [3.05, 3.63) is 23.9 Å². The standard InChI is InChI=1S/C8H12N2O/c1-10(8(9)11)7-5-3-2-4-6-7/h2-3,5H,4,6H2,1H3,(H2,9,11). The molecule has 3 heteroatoms. The maximum absolute atomic E-state index is 10.7. The van der Waals surface area contributed by atoms with Crippen molar-refractivity contribution in [2.75, 3.05) is 7.05 Å². The topological polar surface area (TPSA) is 46.3 Å². The third kappa shape index (κ3) is 1.83. The second kappa shape index (κ2) is 3.23. The Morgan fingerprint density at radius 2 is 2.45 bits per heavy atom. The molecule has 2 N–H and O–H groups in total. The molecular formula is C8H12N2O. The minimum absolute atomic E-state index is 0.397. The summed E-state index contributed by atoms with van der Waals surface area (Å²) in [6, 6.07) is -0.397. The van der Waals surface area contributed by atoms with Gasteiger partial charge in [-0.15, -0.1) is 0 Å². The van der Waals surface area contributed by atoms with Crippen molar-refractivity contribution in [1.82, 2.24) is 4.90 Å². The number of primary amides is 1. The number of hydrogen-bond donors (Lipinski definition) is 1. The van der Waals surface area contributed by atoms with Crippen molar-refractivity contribution >= 4 is 6.03 Å². The highest BCUT2D eigenvalue weighted by Crippen LogP contribution is 2.14. The molecule has 0 aromatic carbocycles. The Balaban J connectivity index is 2.66. The quantitative estimate of drug-likeness (QED) is 0.603. The van der Waals surface area contributed by atoms with Crippen LogP contribution in [0.25, 0.3) is 0 Å². The lowest BCUT2D eigenvalue weighted by molar-refractivity contribution is 0.227. The second-order valence-electron chi connectivity index (χ2n) is 2.52. The summed E-state index contributed by atoms with van der Waals surface area (Å²) in [6.07, 6.45) is 7.81. The lowest BCUT2D eigenvalue weighted by atomic mass is 10.1. The van der Waals surface area contributed by atoms with Gasteiger partial charge in [-0.2, -0.15) is 0 Å². The Bertz CT molecular complexity index is 218. The van der Waals surface area contributed by atoms with Crippen molar-refractivity contribution in [3.8, 4) is 0 Å². The maximum atomic E-state index is 10.7. The Hall–Kier alpha value is -1.25. The Morgan fingerprint density at radius 1 is 1.73 bits per heavy atom. The van der Waals surface area contributed by atoms with E-state index in [-0.39, 0.29) is 0 Å². The van der Waals surface area contributed by atoms with E-state index in [0.717, 1.165) is 18.5 Å². The summed E-state index contributed by atoms with van der Waals surface area (Å²) >= 11 is 0. The van der Waals surface area contributed by atoms with Gasteiger partial charge in [0.25, 0.3) is 0 Å². The molecule has 0 saturated carbocycles. The van der Waals surface area contributed by atoms with Gasteiger partial charge in [0, 0.05) is 12.7 Å². The van der Waals surface area contributed by atoms with E-state index in [1.807, 2.05) is 12.2 Å². The highest BCUT2D eigenvalue weighted by atomic mass is 16.2. The van der Waals surface area contributed by atoms with Crippen molar-refractivity contribution in [2.45, 2.75) is 12.8 Å². The Labute approximate surface area is 66.2 Å². The van der Waals surface area contributed by atoms with Crippen molar-refractivity contribution < 1.29 is 4.79 Å². The average molecular weight is 152 g/mol. The molecule has 0 aliphatic heterocycles. The normalized spacial score (nSPS) is 15.9. The molecular weight excluding hydrogens is 140 g/mol. The number of rotatable bonds is 1. The number of hydrogen-bond acceptors (Lipinski definition) is 1. The molecule has 0 unspecified atom stereocenters. The van der Waals surface area contributed by atoms with Crippen LogP contribution in [0.3, 0.4) is 0 Å². The highest BCUT2D eigenvalue weighted by molar-refractivity contribution is 5.73. The predicted molar refractivity (Wildman–Crippen MR) is 43.8 cm³/mol. The van der Waals surface area contributed by atoms with Crippen LogP contribution in [0.4, 0.5) is 4.79 Å². The lowest BCUT2D eigenvalue weighted by Crippen LogP contribution is -2.31. The lowest BCUT2D eigenvalue weighted by Gasteiger charge is -2.19. The van der Waals surface area contributed by atoms with E-state index in [1.165, 1.54) is 4.90 Å². The van der Waals surface area contributed by atoms with E-state index in [1.54, 1.807) is 7.05 Å². The minimum Gasteiger partial charge on any atom is -0.351 e. The van der Waals surface area contributed by atoms with E-state index < -0.39 is 6.03 Å². The van der Waals surface area contributed by atoms with Gasteiger partial charge in [-0.1, -0.05) is 12.2 Å². The Morgan fingerprint density at radius 3 is 2.91 bits per heavy atom. The minimum atomic E-state index is -0.397. The summed E-state index contributed by atoms with van der Waals surface area (Å²) in [4.78, 5) is 12.2. The molecule has 3 nitrogen and oxygen atoms in total. The van der Waals surface area contributed by atoms with Crippen molar-refractivity contribution in [3.63, 3.8) is 0 Å². The summed E-state index contributed by atoms with van der Waals surface area (Å²) in [5.41, 5.74) is 6.07. The smallest absolute Gasteiger partial charge is 0.318 e. The number of amides is 2. The first-order valence-corrected chi connectivity index (χ1v) is 3.60. The van der Waals surface area contributed by atoms with Crippen LogP contribution >= 0.6 is 0 Å². The third-order valence-corrected chi connectivity index (χ3v) is 1.75. The molecule has 0 atom stereocenters. The SMILES string of the molecule is CN(C(N)=O)C1=CC=CCC1. The van der Waals surface area contributed by atoms with E-state index in [2.05, 4.69) is 6.08 Å². The maximum Gasteiger partial charge on any atom is 0.318 e. The van der Waals surface area contributed by atoms with Gasteiger partial charge < -0.3 is 10.6 Å². The number of nitrogens with two attached hydrogens (primary N) is 1. The first kappa shape index (κ1) is 7.85.